The number of nitrogens with zero attached hydrogens (tertiary/aromatic N) is 1. The third kappa shape index (κ3) is 4.64. The smallest absolute Gasteiger partial charge is 0.407 e. The van der Waals surface area contributed by atoms with Crippen molar-refractivity contribution in [2.24, 2.45) is 0 Å². The van der Waals surface area contributed by atoms with Crippen LogP contribution < -0.4 is 10.6 Å². The van der Waals surface area contributed by atoms with Crippen molar-refractivity contribution in [2.75, 3.05) is 5.32 Å². The summed E-state index contributed by atoms with van der Waals surface area (Å²) in [6, 6.07) is 14.2. The molecule has 1 amide bonds. The van der Waals surface area contributed by atoms with Gasteiger partial charge in [-0.3, -0.25) is 10.1 Å². The number of carbonyl (C=O) groups is 1. The summed E-state index contributed by atoms with van der Waals surface area (Å²) in [6.07, 6.45) is 1.06. The molecule has 2 aromatic rings. The molecule has 8 heteroatoms. The first-order valence-corrected chi connectivity index (χ1v) is 8.57. The number of alkyl carbamates (subject to hydrolysis) is 1. The zero-order valence-electron chi connectivity index (χ0n) is 13.9. The van der Waals surface area contributed by atoms with Gasteiger partial charge < -0.3 is 15.4 Å². The van der Waals surface area contributed by atoms with Crippen LogP contribution in [0.4, 0.5) is 16.2 Å². The number of rotatable bonds is 6. The largest absolute Gasteiger partial charge is 0.445 e. The zero-order valence-corrected chi connectivity index (χ0v) is 14.6. The molecule has 0 unspecified atom stereocenters. The number of amides is 1. The van der Waals surface area contributed by atoms with E-state index in [9.17, 15) is 14.9 Å². The Labute approximate surface area is 155 Å². The molecule has 0 bridgehead atoms. The fourth-order valence-electron chi connectivity index (χ4n) is 2.77. The zero-order chi connectivity index (χ0) is 18.5. The summed E-state index contributed by atoms with van der Waals surface area (Å²) < 4.78 is 5.19. The highest BCUT2D eigenvalue weighted by Gasteiger charge is 2.30. The number of nitro groups is 1. The molecular weight excluding hydrogens is 358 g/mol. The van der Waals surface area contributed by atoms with Crippen molar-refractivity contribution in [2.45, 2.75) is 31.5 Å². The molecule has 0 spiro atoms. The Morgan fingerprint density at radius 3 is 2.58 bits per heavy atom. The molecule has 1 aliphatic carbocycles. The Hall–Kier alpha value is -2.80. The van der Waals surface area contributed by atoms with Crippen LogP contribution in [0.15, 0.2) is 48.5 Å². The first-order chi connectivity index (χ1) is 12.5. The van der Waals surface area contributed by atoms with Crippen molar-refractivity contribution >= 4 is 29.1 Å². The van der Waals surface area contributed by atoms with E-state index in [0.717, 1.165) is 24.1 Å². The van der Waals surface area contributed by atoms with E-state index in [0.29, 0.717) is 0 Å². The van der Waals surface area contributed by atoms with Crippen LogP contribution in [0.1, 0.15) is 18.4 Å². The summed E-state index contributed by atoms with van der Waals surface area (Å²) in [5, 5.41) is 16.9. The molecule has 0 aromatic heterocycles. The summed E-state index contributed by atoms with van der Waals surface area (Å²) in [5.74, 6) is 0. The molecule has 7 nitrogen and oxygen atoms in total. The molecule has 2 aromatic carbocycles. The first kappa shape index (κ1) is 18.0. The topological polar surface area (TPSA) is 93.5 Å². The predicted molar refractivity (Wildman–Crippen MR) is 98.3 cm³/mol. The molecule has 0 aliphatic heterocycles. The molecular formula is C18H18ClN3O4. The predicted octanol–water partition coefficient (Wildman–Crippen LogP) is 4.12. The van der Waals surface area contributed by atoms with Crippen molar-refractivity contribution in [3.63, 3.8) is 0 Å². The average molecular weight is 376 g/mol. The summed E-state index contributed by atoms with van der Waals surface area (Å²) in [7, 11) is 0. The number of nitro benzene ring substituents is 1. The molecule has 1 saturated carbocycles. The van der Waals surface area contributed by atoms with Gasteiger partial charge in [0, 0.05) is 23.8 Å². The van der Waals surface area contributed by atoms with E-state index in [-0.39, 0.29) is 29.4 Å². The van der Waals surface area contributed by atoms with Gasteiger partial charge in [0.05, 0.1) is 4.92 Å². The fourth-order valence-corrected chi connectivity index (χ4v) is 3.02. The monoisotopic (exact) mass is 375 g/mol. The van der Waals surface area contributed by atoms with E-state index in [1.165, 1.54) is 12.1 Å². The van der Waals surface area contributed by atoms with E-state index in [1.807, 2.05) is 30.3 Å². The second kappa shape index (κ2) is 8.05. The average Bonchev–Trinajstić information content (AvgIpc) is 2.59. The molecule has 1 aliphatic rings. The van der Waals surface area contributed by atoms with Crippen molar-refractivity contribution in [3.8, 4) is 0 Å². The molecule has 0 atom stereocenters. The Bertz CT molecular complexity index is 794. The Morgan fingerprint density at radius 2 is 1.92 bits per heavy atom. The van der Waals surface area contributed by atoms with Crippen molar-refractivity contribution in [3.05, 3.63) is 69.2 Å². The van der Waals surface area contributed by atoms with Crippen LogP contribution in [0.2, 0.25) is 5.02 Å². The molecule has 0 saturated heterocycles. The lowest BCUT2D eigenvalue weighted by Gasteiger charge is -2.36. The van der Waals surface area contributed by atoms with Crippen LogP contribution in [0, 0.1) is 10.1 Å². The van der Waals surface area contributed by atoms with Gasteiger partial charge in [-0.15, -0.1) is 0 Å². The van der Waals surface area contributed by atoms with Gasteiger partial charge in [-0.05, 0) is 30.5 Å². The Morgan fingerprint density at radius 1 is 1.19 bits per heavy atom. The van der Waals surface area contributed by atoms with Crippen LogP contribution in [0.3, 0.4) is 0 Å². The maximum Gasteiger partial charge on any atom is 0.407 e. The maximum absolute atomic E-state index is 11.8. The second-order valence-corrected chi connectivity index (χ2v) is 6.55. The normalized spacial score (nSPS) is 18.5. The lowest BCUT2D eigenvalue weighted by atomic mass is 9.86. The maximum atomic E-state index is 11.8. The lowest BCUT2D eigenvalue weighted by Crippen LogP contribution is -2.49. The van der Waals surface area contributed by atoms with Crippen molar-refractivity contribution in [1.82, 2.24) is 5.32 Å². The van der Waals surface area contributed by atoms with Crippen LogP contribution in [-0.2, 0) is 11.3 Å². The van der Waals surface area contributed by atoms with Gasteiger partial charge in [-0.1, -0.05) is 41.9 Å². The van der Waals surface area contributed by atoms with Crippen LogP contribution in [0.5, 0.6) is 0 Å². The van der Waals surface area contributed by atoms with Gasteiger partial charge in [0.1, 0.15) is 11.6 Å². The molecule has 0 radical (unpaired) electrons. The summed E-state index contributed by atoms with van der Waals surface area (Å²) in [5.41, 5.74) is 1.54. The van der Waals surface area contributed by atoms with E-state index in [4.69, 9.17) is 16.3 Å². The minimum atomic E-state index is -0.517. The summed E-state index contributed by atoms with van der Waals surface area (Å²) >= 11 is 5.90. The van der Waals surface area contributed by atoms with Gasteiger partial charge in [0.25, 0.3) is 5.69 Å². The highest BCUT2D eigenvalue weighted by atomic mass is 35.5. The van der Waals surface area contributed by atoms with Crippen molar-refractivity contribution in [1.29, 1.82) is 0 Å². The van der Waals surface area contributed by atoms with Gasteiger partial charge in [-0.25, -0.2) is 4.79 Å². The lowest BCUT2D eigenvalue weighted by molar-refractivity contribution is -0.384. The van der Waals surface area contributed by atoms with Crippen LogP contribution >= 0.6 is 11.6 Å². The Balaban J connectivity index is 1.39. The SMILES string of the molecule is O=C(NC1CC(Nc2ccc([N+](=O)[O-])c(Cl)c2)C1)OCc1ccccc1. The number of carbonyl (C=O) groups excluding carboxylic acids is 1. The number of hydrogen-bond acceptors (Lipinski definition) is 5. The van der Waals surface area contributed by atoms with Crippen molar-refractivity contribution < 1.29 is 14.5 Å². The van der Waals surface area contributed by atoms with Gasteiger partial charge in [-0.2, -0.15) is 0 Å². The highest BCUT2D eigenvalue weighted by molar-refractivity contribution is 6.32. The van der Waals surface area contributed by atoms with Gasteiger partial charge in [0.15, 0.2) is 0 Å². The molecule has 2 N–H and O–H groups in total. The van der Waals surface area contributed by atoms with Crippen LogP contribution in [0.25, 0.3) is 0 Å². The minimum absolute atomic E-state index is 0.0456. The Kier molecular flexibility index (Phi) is 5.58. The number of benzene rings is 2. The quantitative estimate of drug-likeness (QED) is 0.585. The van der Waals surface area contributed by atoms with Gasteiger partial charge in [0.2, 0.25) is 0 Å². The van der Waals surface area contributed by atoms with E-state index >= 15 is 0 Å². The standard InChI is InChI=1S/C18H18ClN3O4/c19-16-10-13(6-7-17(16)22(24)25)20-14-8-15(9-14)21-18(23)26-11-12-4-2-1-3-5-12/h1-7,10,14-15,20H,8-9,11H2,(H,21,23). The summed E-state index contributed by atoms with van der Waals surface area (Å²) in [6.45, 7) is 0.238. The fraction of sp³-hybridized carbons (Fsp3) is 0.278. The van der Waals surface area contributed by atoms with Gasteiger partial charge >= 0.3 is 6.09 Å². The van der Waals surface area contributed by atoms with E-state index < -0.39 is 11.0 Å². The second-order valence-electron chi connectivity index (χ2n) is 6.14. The summed E-state index contributed by atoms with van der Waals surface area (Å²) in [4.78, 5) is 22.0. The third-order valence-electron chi connectivity index (χ3n) is 4.19. The molecule has 0 heterocycles. The molecule has 3 rings (SSSR count). The number of anilines is 1. The molecule has 1 fully saturated rings. The van der Waals surface area contributed by atoms with E-state index in [1.54, 1.807) is 6.07 Å². The number of ether oxygens (including phenoxy) is 1. The van der Waals surface area contributed by atoms with Crippen LogP contribution in [-0.4, -0.2) is 23.1 Å². The number of nitrogens with one attached hydrogen (secondary N) is 2. The minimum Gasteiger partial charge on any atom is -0.445 e. The number of hydrogen-bond donors (Lipinski definition) is 2. The van der Waals surface area contributed by atoms with E-state index in [2.05, 4.69) is 10.6 Å². The number of halogens is 1. The molecule has 136 valence electrons. The third-order valence-corrected chi connectivity index (χ3v) is 4.49. The first-order valence-electron chi connectivity index (χ1n) is 8.19. The highest BCUT2D eigenvalue weighted by Crippen LogP contribution is 2.30. The molecule has 26 heavy (non-hydrogen) atoms.